The Labute approximate surface area is 93.2 Å². The van der Waals surface area contributed by atoms with Gasteiger partial charge in [0, 0.05) is 26.2 Å². The fourth-order valence-electron chi connectivity index (χ4n) is 1.82. The monoisotopic (exact) mass is 210 g/mol. The molecule has 3 nitrogen and oxygen atoms in total. The van der Waals surface area contributed by atoms with E-state index in [0.29, 0.717) is 12.6 Å². The van der Waals surface area contributed by atoms with Crippen LogP contribution in [-0.2, 0) is 4.74 Å². The highest BCUT2D eigenvalue weighted by molar-refractivity contribution is 4.86. The predicted octanol–water partition coefficient (Wildman–Crippen LogP) is 0.710. The van der Waals surface area contributed by atoms with Gasteiger partial charge in [0.1, 0.15) is 0 Å². The first-order valence-electron chi connectivity index (χ1n) is 5.77. The molecule has 1 unspecified atom stereocenters. The summed E-state index contributed by atoms with van der Waals surface area (Å²) < 4.78 is 5.68. The molecule has 1 N–H and O–H groups in total. The summed E-state index contributed by atoms with van der Waals surface area (Å²) in [4.78, 5) is 2.31. The summed E-state index contributed by atoms with van der Waals surface area (Å²) in [7, 11) is 2.13. The molecule has 3 heteroatoms. The highest BCUT2D eigenvalue weighted by atomic mass is 16.5. The van der Waals surface area contributed by atoms with Crippen LogP contribution in [0.2, 0.25) is 0 Å². The van der Waals surface area contributed by atoms with E-state index in [1.165, 1.54) is 19.3 Å². The fraction of sp³-hybridized carbons (Fsp3) is 0.833. The summed E-state index contributed by atoms with van der Waals surface area (Å²) in [6.45, 7) is 4.62. The first kappa shape index (κ1) is 12.5. The largest absolute Gasteiger partial charge is 0.377 e. The molecule has 0 spiro atoms. The van der Waals surface area contributed by atoms with Crippen molar-refractivity contribution in [3.8, 4) is 12.3 Å². The maximum atomic E-state index is 5.68. The smallest absolute Gasteiger partial charge is 0.0701 e. The molecule has 1 fully saturated rings. The number of rotatable bonds is 6. The van der Waals surface area contributed by atoms with Crippen LogP contribution in [0.15, 0.2) is 0 Å². The van der Waals surface area contributed by atoms with Gasteiger partial charge in [0.15, 0.2) is 0 Å². The van der Waals surface area contributed by atoms with Gasteiger partial charge >= 0.3 is 0 Å². The molecule has 0 radical (unpaired) electrons. The standard InChI is InChI=1S/C12H22N2O/c1-3-7-13-8-9-14(2)11-12-6-4-5-10-15-12/h1,12-13H,4-11H2,2H3. The third-order valence-corrected chi connectivity index (χ3v) is 2.69. The van der Waals surface area contributed by atoms with Gasteiger partial charge in [-0.05, 0) is 26.3 Å². The Hall–Kier alpha value is -0.560. The minimum atomic E-state index is 0.441. The van der Waals surface area contributed by atoms with Crippen LogP contribution in [0.3, 0.4) is 0 Å². The third kappa shape index (κ3) is 5.78. The Balaban J connectivity index is 2.01. The SMILES string of the molecule is C#CCNCCN(C)CC1CCCCO1. The number of ether oxygens (including phenoxy) is 1. The van der Waals surface area contributed by atoms with Crippen molar-refractivity contribution in [2.45, 2.75) is 25.4 Å². The van der Waals surface area contributed by atoms with Crippen molar-refractivity contribution in [1.29, 1.82) is 0 Å². The molecule has 0 saturated carbocycles. The lowest BCUT2D eigenvalue weighted by molar-refractivity contribution is -0.00119. The minimum Gasteiger partial charge on any atom is -0.377 e. The van der Waals surface area contributed by atoms with Crippen LogP contribution in [0, 0.1) is 12.3 Å². The molecular weight excluding hydrogens is 188 g/mol. The van der Waals surface area contributed by atoms with Crippen molar-refractivity contribution in [1.82, 2.24) is 10.2 Å². The molecule has 15 heavy (non-hydrogen) atoms. The van der Waals surface area contributed by atoms with Gasteiger partial charge in [-0.15, -0.1) is 6.42 Å². The lowest BCUT2D eigenvalue weighted by Crippen LogP contribution is -2.37. The minimum absolute atomic E-state index is 0.441. The summed E-state index contributed by atoms with van der Waals surface area (Å²) in [5.74, 6) is 2.57. The lowest BCUT2D eigenvalue weighted by atomic mass is 10.1. The summed E-state index contributed by atoms with van der Waals surface area (Å²) in [5, 5.41) is 3.18. The fourth-order valence-corrected chi connectivity index (χ4v) is 1.82. The van der Waals surface area contributed by atoms with Crippen LogP contribution in [-0.4, -0.2) is 50.8 Å². The van der Waals surface area contributed by atoms with Crippen LogP contribution >= 0.6 is 0 Å². The van der Waals surface area contributed by atoms with Gasteiger partial charge in [-0.1, -0.05) is 5.92 Å². The average molecular weight is 210 g/mol. The van der Waals surface area contributed by atoms with Gasteiger partial charge in [-0.25, -0.2) is 0 Å². The Morgan fingerprint density at radius 1 is 1.53 bits per heavy atom. The first-order valence-corrected chi connectivity index (χ1v) is 5.77. The molecule has 0 aromatic heterocycles. The second-order valence-corrected chi connectivity index (χ2v) is 4.13. The van der Waals surface area contributed by atoms with E-state index in [1.54, 1.807) is 0 Å². The van der Waals surface area contributed by atoms with Crippen LogP contribution in [0.4, 0.5) is 0 Å². The lowest BCUT2D eigenvalue weighted by Gasteiger charge is -2.27. The number of nitrogens with one attached hydrogen (secondary N) is 1. The third-order valence-electron chi connectivity index (χ3n) is 2.69. The second kappa shape index (κ2) is 7.70. The summed E-state index contributed by atoms with van der Waals surface area (Å²) >= 11 is 0. The van der Waals surface area contributed by atoms with Crippen molar-refractivity contribution in [3.05, 3.63) is 0 Å². The zero-order valence-corrected chi connectivity index (χ0v) is 9.67. The molecule has 1 rings (SSSR count). The molecule has 1 aliphatic heterocycles. The molecule has 0 aromatic rings. The topological polar surface area (TPSA) is 24.5 Å². The Morgan fingerprint density at radius 3 is 3.07 bits per heavy atom. The number of nitrogens with zero attached hydrogens (tertiary/aromatic N) is 1. The Bertz CT molecular complexity index is 194. The van der Waals surface area contributed by atoms with Crippen molar-refractivity contribution < 1.29 is 4.74 Å². The maximum absolute atomic E-state index is 5.68. The molecule has 1 aliphatic rings. The van der Waals surface area contributed by atoms with Crippen LogP contribution in [0.5, 0.6) is 0 Å². The molecule has 1 saturated heterocycles. The molecule has 0 amide bonds. The van der Waals surface area contributed by atoms with Gasteiger partial charge < -0.3 is 15.0 Å². The highest BCUT2D eigenvalue weighted by Crippen LogP contribution is 2.12. The van der Waals surface area contributed by atoms with Gasteiger partial charge in [-0.2, -0.15) is 0 Å². The van der Waals surface area contributed by atoms with Crippen molar-refractivity contribution in [3.63, 3.8) is 0 Å². The molecule has 0 bridgehead atoms. The number of terminal acetylenes is 1. The maximum Gasteiger partial charge on any atom is 0.0701 e. The quantitative estimate of drug-likeness (QED) is 0.516. The van der Waals surface area contributed by atoms with Gasteiger partial charge in [0.25, 0.3) is 0 Å². The van der Waals surface area contributed by atoms with E-state index >= 15 is 0 Å². The van der Waals surface area contributed by atoms with E-state index in [0.717, 1.165) is 26.2 Å². The molecule has 1 atom stereocenters. The van der Waals surface area contributed by atoms with Gasteiger partial charge in [-0.3, -0.25) is 0 Å². The molecule has 0 aromatic carbocycles. The molecule has 0 aliphatic carbocycles. The van der Waals surface area contributed by atoms with E-state index in [1.807, 2.05) is 0 Å². The molecule has 1 heterocycles. The average Bonchev–Trinajstić information content (AvgIpc) is 2.26. The van der Waals surface area contributed by atoms with E-state index < -0.39 is 0 Å². The Kier molecular flexibility index (Phi) is 6.42. The van der Waals surface area contributed by atoms with Crippen molar-refractivity contribution in [2.24, 2.45) is 0 Å². The summed E-state index contributed by atoms with van der Waals surface area (Å²) in [6.07, 6.45) is 9.34. The second-order valence-electron chi connectivity index (χ2n) is 4.13. The highest BCUT2D eigenvalue weighted by Gasteiger charge is 2.15. The van der Waals surface area contributed by atoms with Gasteiger partial charge in [0.2, 0.25) is 0 Å². The normalized spacial score (nSPS) is 21.5. The van der Waals surface area contributed by atoms with Crippen LogP contribution in [0.1, 0.15) is 19.3 Å². The number of hydrogen-bond acceptors (Lipinski definition) is 3. The van der Waals surface area contributed by atoms with Gasteiger partial charge in [0.05, 0.1) is 12.6 Å². The summed E-state index contributed by atoms with van der Waals surface area (Å²) in [5.41, 5.74) is 0. The van der Waals surface area contributed by atoms with E-state index in [2.05, 4.69) is 23.2 Å². The summed E-state index contributed by atoms with van der Waals surface area (Å²) in [6, 6.07) is 0. The van der Waals surface area contributed by atoms with E-state index in [-0.39, 0.29) is 0 Å². The molecule has 86 valence electrons. The Morgan fingerprint density at radius 2 is 2.40 bits per heavy atom. The van der Waals surface area contributed by atoms with Crippen LogP contribution in [0.25, 0.3) is 0 Å². The van der Waals surface area contributed by atoms with E-state index in [4.69, 9.17) is 11.2 Å². The zero-order chi connectivity index (χ0) is 10.9. The number of hydrogen-bond donors (Lipinski definition) is 1. The number of likely N-dealkylation sites (N-methyl/N-ethyl adjacent to an activating group) is 1. The predicted molar refractivity (Wildman–Crippen MR) is 62.8 cm³/mol. The van der Waals surface area contributed by atoms with Crippen molar-refractivity contribution in [2.75, 3.05) is 39.8 Å². The zero-order valence-electron chi connectivity index (χ0n) is 9.67. The van der Waals surface area contributed by atoms with Crippen LogP contribution < -0.4 is 5.32 Å². The van der Waals surface area contributed by atoms with Crippen molar-refractivity contribution >= 4 is 0 Å². The first-order chi connectivity index (χ1) is 7.33. The molecular formula is C12H22N2O. The van der Waals surface area contributed by atoms with E-state index in [9.17, 15) is 0 Å².